The van der Waals surface area contributed by atoms with Crippen LogP contribution in [0.5, 0.6) is 0 Å². The molecule has 0 spiro atoms. The number of amides is 1. The summed E-state index contributed by atoms with van der Waals surface area (Å²) in [6.45, 7) is 4.63. The predicted molar refractivity (Wildman–Crippen MR) is 109 cm³/mol. The van der Waals surface area contributed by atoms with E-state index in [9.17, 15) is 13.2 Å². The number of aromatic nitrogens is 4. The molecular weight excluding hydrogens is 398 g/mol. The molecule has 0 radical (unpaired) electrons. The van der Waals surface area contributed by atoms with Gasteiger partial charge in [0, 0.05) is 12.6 Å². The number of hydrogen-bond donors (Lipinski definition) is 1. The van der Waals surface area contributed by atoms with Gasteiger partial charge in [-0.3, -0.25) is 9.20 Å². The lowest BCUT2D eigenvalue weighted by Gasteiger charge is -2.29. The Morgan fingerprint density at radius 2 is 2.18 bits per heavy atom. The Bertz CT molecular complexity index is 1120. The molecule has 3 heterocycles. The average Bonchev–Trinajstić information content (AvgIpc) is 3.30. The van der Waals surface area contributed by atoms with Gasteiger partial charge in [0.1, 0.15) is 0 Å². The van der Waals surface area contributed by atoms with Crippen molar-refractivity contribution < 1.29 is 13.2 Å². The summed E-state index contributed by atoms with van der Waals surface area (Å²) in [7, 11) is -3.04. The molecule has 1 aliphatic rings. The molecule has 2 aromatic heterocycles. The Balaban J connectivity index is 1.53. The molecule has 0 unspecified atom stereocenters. The summed E-state index contributed by atoms with van der Waals surface area (Å²) in [5.41, 5.74) is 1.80. The van der Waals surface area contributed by atoms with Crippen LogP contribution in [-0.2, 0) is 14.6 Å². The fraction of sp³-hybridized carbons (Fsp3) is 0.500. The number of aromatic amines is 1. The third kappa shape index (κ3) is 3.75. The highest BCUT2D eigenvalue weighted by Gasteiger charge is 2.34. The number of para-hydroxylation sites is 2. The number of carbonyl (C=O) groups is 1. The standard InChI is InChI=1S/C18H23N5O3S2/c1-12(2)9-22(13-7-8-28(25,26)11-13)16(24)10-27-18-21-20-17-19-14-5-3-4-6-15(14)23(17)18/h3-6,12-13H,7-11H2,1-2H3,(H,19,20)/t13-/m1/s1. The lowest BCUT2D eigenvalue weighted by molar-refractivity contribution is -0.130. The fourth-order valence-corrected chi connectivity index (χ4v) is 6.19. The van der Waals surface area contributed by atoms with E-state index in [4.69, 9.17) is 0 Å². The molecule has 1 atom stereocenters. The van der Waals surface area contributed by atoms with Crippen LogP contribution in [0.4, 0.5) is 0 Å². The summed E-state index contributed by atoms with van der Waals surface area (Å²) >= 11 is 1.34. The number of rotatable bonds is 6. The molecule has 0 aliphatic carbocycles. The second-order valence-corrected chi connectivity index (χ2v) is 10.7. The SMILES string of the molecule is CC(C)CN(C(=O)CSc1n[nH]c2nc3ccccc3n12)[C@@H]1CCS(=O)(=O)C1. The average molecular weight is 422 g/mol. The third-order valence-corrected chi connectivity index (χ3v) is 7.53. The molecule has 1 aromatic carbocycles. The van der Waals surface area contributed by atoms with Crippen LogP contribution >= 0.6 is 11.8 Å². The van der Waals surface area contributed by atoms with Crippen molar-refractivity contribution in [3.05, 3.63) is 24.3 Å². The van der Waals surface area contributed by atoms with Crippen LogP contribution in [-0.4, -0.2) is 68.7 Å². The summed E-state index contributed by atoms with van der Waals surface area (Å²) in [6.07, 6.45) is 0.518. The van der Waals surface area contributed by atoms with Gasteiger partial charge in [-0.15, -0.1) is 5.10 Å². The van der Waals surface area contributed by atoms with Gasteiger partial charge in [0.2, 0.25) is 11.7 Å². The molecule has 4 rings (SSSR count). The molecular formula is C18H23N5O3S2. The van der Waals surface area contributed by atoms with Gasteiger partial charge in [-0.25, -0.2) is 18.5 Å². The van der Waals surface area contributed by atoms with E-state index >= 15 is 0 Å². The van der Waals surface area contributed by atoms with Gasteiger partial charge in [0.25, 0.3) is 0 Å². The Hall–Kier alpha value is -2.07. The number of thioether (sulfide) groups is 1. The summed E-state index contributed by atoms with van der Waals surface area (Å²) in [6, 6.07) is 7.53. The highest BCUT2D eigenvalue weighted by molar-refractivity contribution is 7.99. The minimum atomic E-state index is -3.04. The summed E-state index contributed by atoms with van der Waals surface area (Å²) in [5.74, 6) is 1.28. The largest absolute Gasteiger partial charge is 0.338 e. The normalized spacial score (nSPS) is 19.0. The number of imidazole rings is 1. The van der Waals surface area contributed by atoms with Crippen LogP contribution < -0.4 is 0 Å². The van der Waals surface area contributed by atoms with E-state index in [-0.39, 0.29) is 35.1 Å². The Morgan fingerprint density at radius 3 is 2.89 bits per heavy atom. The summed E-state index contributed by atoms with van der Waals surface area (Å²) in [4.78, 5) is 19.2. The molecule has 1 amide bonds. The van der Waals surface area contributed by atoms with Gasteiger partial charge in [-0.05, 0) is 24.5 Å². The minimum absolute atomic E-state index is 0.0543. The number of hydrogen-bond acceptors (Lipinski definition) is 6. The molecule has 1 saturated heterocycles. The van der Waals surface area contributed by atoms with Crippen molar-refractivity contribution in [1.29, 1.82) is 0 Å². The van der Waals surface area contributed by atoms with Crippen molar-refractivity contribution in [2.24, 2.45) is 5.92 Å². The van der Waals surface area contributed by atoms with E-state index in [1.54, 1.807) is 4.90 Å². The van der Waals surface area contributed by atoms with Crippen molar-refractivity contribution in [3.8, 4) is 0 Å². The summed E-state index contributed by atoms with van der Waals surface area (Å²) in [5, 5.41) is 7.86. The quantitative estimate of drug-likeness (QED) is 0.611. The topological polar surface area (TPSA) is 100 Å². The van der Waals surface area contributed by atoms with Gasteiger partial charge >= 0.3 is 0 Å². The van der Waals surface area contributed by atoms with E-state index in [1.807, 2.05) is 42.5 Å². The van der Waals surface area contributed by atoms with Crippen molar-refractivity contribution in [2.45, 2.75) is 31.5 Å². The number of H-pyrrole nitrogens is 1. The maximum absolute atomic E-state index is 13.0. The van der Waals surface area contributed by atoms with Crippen LogP contribution in [0.2, 0.25) is 0 Å². The lowest BCUT2D eigenvalue weighted by Crippen LogP contribution is -2.44. The third-order valence-electron chi connectivity index (χ3n) is 4.86. The molecule has 1 aliphatic heterocycles. The molecule has 1 fully saturated rings. The van der Waals surface area contributed by atoms with E-state index in [0.29, 0.717) is 23.9 Å². The number of sulfone groups is 1. The first-order valence-electron chi connectivity index (χ1n) is 9.28. The number of benzene rings is 1. The number of carbonyl (C=O) groups excluding carboxylic acids is 1. The van der Waals surface area contributed by atoms with Gasteiger partial charge in [-0.1, -0.05) is 37.7 Å². The van der Waals surface area contributed by atoms with Crippen LogP contribution in [0.1, 0.15) is 20.3 Å². The van der Waals surface area contributed by atoms with Crippen molar-refractivity contribution in [3.63, 3.8) is 0 Å². The van der Waals surface area contributed by atoms with Crippen LogP contribution in [0.3, 0.4) is 0 Å². The second kappa shape index (κ2) is 7.40. The Labute approximate surface area is 167 Å². The fourth-order valence-electron chi connectivity index (χ4n) is 3.62. The van der Waals surface area contributed by atoms with E-state index < -0.39 is 9.84 Å². The van der Waals surface area contributed by atoms with Gasteiger partial charge in [-0.2, -0.15) is 0 Å². The van der Waals surface area contributed by atoms with E-state index in [0.717, 1.165) is 11.0 Å². The maximum Gasteiger partial charge on any atom is 0.233 e. The maximum atomic E-state index is 13.0. The first-order valence-corrected chi connectivity index (χ1v) is 12.1. The Kier molecular flexibility index (Phi) is 5.09. The van der Waals surface area contributed by atoms with E-state index in [2.05, 4.69) is 15.2 Å². The first-order chi connectivity index (χ1) is 13.3. The zero-order valence-corrected chi connectivity index (χ0v) is 17.5. The molecule has 150 valence electrons. The highest BCUT2D eigenvalue weighted by atomic mass is 32.2. The Morgan fingerprint density at radius 1 is 1.39 bits per heavy atom. The molecule has 3 aromatic rings. The van der Waals surface area contributed by atoms with Crippen molar-refractivity contribution in [1.82, 2.24) is 24.5 Å². The number of nitrogens with one attached hydrogen (secondary N) is 1. The number of nitrogens with zero attached hydrogens (tertiary/aromatic N) is 4. The van der Waals surface area contributed by atoms with E-state index in [1.165, 1.54) is 11.8 Å². The molecule has 1 N–H and O–H groups in total. The minimum Gasteiger partial charge on any atom is -0.338 e. The summed E-state index contributed by atoms with van der Waals surface area (Å²) < 4.78 is 25.6. The zero-order valence-electron chi connectivity index (χ0n) is 15.8. The monoisotopic (exact) mass is 421 g/mol. The van der Waals surface area contributed by atoms with Crippen molar-refractivity contribution in [2.75, 3.05) is 23.8 Å². The molecule has 28 heavy (non-hydrogen) atoms. The number of fused-ring (bicyclic) bond motifs is 3. The molecule has 0 saturated carbocycles. The smallest absolute Gasteiger partial charge is 0.233 e. The van der Waals surface area contributed by atoms with Gasteiger partial charge in [0.05, 0.1) is 28.3 Å². The zero-order chi connectivity index (χ0) is 19.9. The van der Waals surface area contributed by atoms with Crippen molar-refractivity contribution >= 4 is 44.3 Å². The predicted octanol–water partition coefficient (Wildman–Crippen LogP) is 1.97. The van der Waals surface area contributed by atoms with Crippen LogP contribution in [0.15, 0.2) is 29.4 Å². The van der Waals surface area contributed by atoms with Gasteiger partial charge < -0.3 is 4.90 Å². The molecule has 0 bridgehead atoms. The van der Waals surface area contributed by atoms with Gasteiger partial charge in [0.15, 0.2) is 15.0 Å². The van der Waals surface area contributed by atoms with Crippen LogP contribution in [0, 0.1) is 5.92 Å². The van der Waals surface area contributed by atoms with Crippen LogP contribution in [0.25, 0.3) is 16.8 Å². The highest BCUT2D eigenvalue weighted by Crippen LogP contribution is 2.25. The first kappa shape index (κ1) is 19.3. The second-order valence-electron chi connectivity index (χ2n) is 7.55. The molecule has 10 heteroatoms. The lowest BCUT2D eigenvalue weighted by atomic mass is 10.1. The molecule has 8 nitrogen and oxygen atoms in total.